The SMILES string of the molecule is N=CC(=O)Oc1ccc([N+](=O)[O-])cc1. The van der Waals surface area contributed by atoms with Crippen LogP contribution in [0, 0.1) is 15.5 Å². The van der Waals surface area contributed by atoms with E-state index in [1.165, 1.54) is 24.3 Å². The topological polar surface area (TPSA) is 93.3 Å². The lowest BCUT2D eigenvalue weighted by Gasteiger charge is -1.98. The highest BCUT2D eigenvalue weighted by Gasteiger charge is 2.05. The molecule has 0 saturated heterocycles. The molecule has 6 nitrogen and oxygen atoms in total. The van der Waals surface area contributed by atoms with Gasteiger partial charge in [-0.25, -0.2) is 4.79 Å². The molecule has 0 aliphatic heterocycles. The van der Waals surface area contributed by atoms with Gasteiger partial charge in [-0.2, -0.15) is 0 Å². The van der Waals surface area contributed by atoms with Crippen molar-refractivity contribution in [3.8, 4) is 5.75 Å². The molecule has 1 aromatic rings. The third kappa shape index (κ3) is 2.37. The fourth-order valence-electron chi connectivity index (χ4n) is 0.782. The summed E-state index contributed by atoms with van der Waals surface area (Å²) in [4.78, 5) is 20.3. The molecule has 0 amide bonds. The van der Waals surface area contributed by atoms with Crippen molar-refractivity contribution >= 4 is 17.9 Å². The van der Waals surface area contributed by atoms with E-state index in [0.717, 1.165) is 0 Å². The van der Waals surface area contributed by atoms with Crippen molar-refractivity contribution in [2.75, 3.05) is 0 Å². The monoisotopic (exact) mass is 194 g/mol. The highest BCUT2D eigenvalue weighted by molar-refractivity contribution is 6.22. The number of non-ortho nitro benzene ring substituents is 1. The fraction of sp³-hybridized carbons (Fsp3) is 0. The van der Waals surface area contributed by atoms with Crippen LogP contribution in [0.3, 0.4) is 0 Å². The van der Waals surface area contributed by atoms with Crippen LogP contribution in [-0.4, -0.2) is 17.1 Å². The van der Waals surface area contributed by atoms with Gasteiger partial charge in [0.15, 0.2) is 0 Å². The molecule has 1 aromatic carbocycles. The molecule has 0 bridgehead atoms. The van der Waals surface area contributed by atoms with Gasteiger partial charge >= 0.3 is 5.97 Å². The van der Waals surface area contributed by atoms with E-state index < -0.39 is 10.9 Å². The molecule has 0 spiro atoms. The van der Waals surface area contributed by atoms with Crippen molar-refractivity contribution < 1.29 is 14.5 Å². The Morgan fingerprint density at radius 3 is 2.43 bits per heavy atom. The first-order valence-electron chi connectivity index (χ1n) is 3.60. The zero-order valence-electron chi connectivity index (χ0n) is 6.97. The van der Waals surface area contributed by atoms with Crippen molar-refractivity contribution in [1.82, 2.24) is 0 Å². The molecule has 14 heavy (non-hydrogen) atoms. The van der Waals surface area contributed by atoms with Gasteiger partial charge in [0.05, 0.1) is 4.92 Å². The van der Waals surface area contributed by atoms with E-state index in [1.54, 1.807) is 0 Å². The van der Waals surface area contributed by atoms with E-state index in [-0.39, 0.29) is 11.4 Å². The van der Waals surface area contributed by atoms with Crippen LogP contribution in [0.25, 0.3) is 0 Å². The van der Waals surface area contributed by atoms with Crippen molar-refractivity contribution in [2.45, 2.75) is 0 Å². The number of nitro benzene ring substituents is 1. The van der Waals surface area contributed by atoms with Crippen LogP contribution in [0.4, 0.5) is 5.69 Å². The number of hydrogen-bond donors (Lipinski definition) is 1. The summed E-state index contributed by atoms with van der Waals surface area (Å²) in [5.41, 5.74) is -0.0837. The van der Waals surface area contributed by atoms with Gasteiger partial charge in [0.2, 0.25) is 0 Å². The molecular weight excluding hydrogens is 188 g/mol. The van der Waals surface area contributed by atoms with Crippen LogP contribution >= 0.6 is 0 Å². The first-order chi connectivity index (χ1) is 6.63. The second kappa shape index (κ2) is 4.13. The molecule has 0 saturated carbocycles. The van der Waals surface area contributed by atoms with Crippen LogP contribution in [-0.2, 0) is 4.79 Å². The smallest absolute Gasteiger partial charge is 0.354 e. The number of carbonyl (C=O) groups is 1. The molecule has 0 radical (unpaired) electrons. The van der Waals surface area contributed by atoms with E-state index >= 15 is 0 Å². The molecule has 0 aromatic heterocycles. The Morgan fingerprint density at radius 1 is 1.43 bits per heavy atom. The third-order valence-corrected chi connectivity index (χ3v) is 1.38. The molecule has 0 aliphatic carbocycles. The summed E-state index contributed by atoms with van der Waals surface area (Å²) in [6.45, 7) is 0. The second-order valence-electron chi connectivity index (χ2n) is 2.32. The van der Waals surface area contributed by atoms with E-state index in [2.05, 4.69) is 4.74 Å². The number of nitrogens with one attached hydrogen (secondary N) is 1. The van der Waals surface area contributed by atoms with Gasteiger partial charge < -0.3 is 10.1 Å². The lowest BCUT2D eigenvalue weighted by Crippen LogP contribution is -2.07. The minimum atomic E-state index is -0.821. The van der Waals surface area contributed by atoms with Crippen LogP contribution < -0.4 is 4.74 Å². The van der Waals surface area contributed by atoms with Gasteiger partial charge in [-0.1, -0.05) is 0 Å². The standard InChI is InChI=1S/C8H6N2O4/c9-5-8(11)14-7-3-1-6(2-4-7)10(12)13/h1-5,9H. The van der Waals surface area contributed by atoms with Crippen LogP contribution in [0.1, 0.15) is 0 Å². The maximum absolute atomic E-state index is 10.6. The Kier molecular flexibility index (Phi) is 2.90. The molecule has 1 rings (SSSR count). The Labute approximate surface area is 78.8 Å². The first-order valence-corrected chi connectivity index (χ1v) is 3.60. The van der Waals surface area contributed by atoms with E-state index in [1.807, 2.05) is 0 Å². The molecule has 72 valence electrons. The maximum atomic E-state index is 10.6. The largest absolute Gasteiger partial charge is 0.422 e. The number of esters is 1. The van der Waals surface area contributed by atoms with Crippen LogP contribution in [0.15, 0.2) is 24.3 Å². The van der Waals surface area contributed by atoms with Crippen molar-refractivity contribution in [1.29, 1.82) is 5.41 Å². The van der Waals surface area contributed by atoms with Crippen molar-refractivity contribution in [3.05, 3.63) is 34.4 Å². The first kappa shape index (κ1) is 9.85. The summed E-state index contributed by atoms with van der Waals surface area (Å²) >= 11 is 0. The summed E-state index contributed by atoms with van der Waals surface area (Å²) in [6.07, 6.45) is 0.515. The predicted octanol–water partition coefficient (Wildman–Crippen LogP) is 1.15. The quantitative estimate of drug-likeness (QED) is 0.257. The van der Waals surface area contributed by atoms with Gasteiger partial charge in [0.1, 0.15) is 12.0 Å². The molecule has 0 fully saturated rings. The van der Waals surface area contributed by atoms with E-state index in [0.29, 0.717) is 6.21 Å². The van der Waals surface area contributed by atoms with Crippen molar-refractivity contribution in [3.63, 3.8) is 0 Å². The average molecular weight is 194 g/mol. The highest BCUT2D eigenvalue weighted by atomic mass is 16.6. The molecule has 6 heteroatoms. The Bertz CT molecular complexity index is 371. The van der Waals surface area contributed by atoms with E-state index in [4.69, 9.17) is 5.41 Å². The van der Waals surface area contributed by atoms with Gasteiger partial charge in [0.25, 0.3) is 5.69 Å². The molecular formula is C8H6N2O4. The lowest BCUT2D eigenvalue weighted by molar-refractivity contribution is -0.384. The van der Waals surface area contributed by atoms with E-state index in [9.17, 15) is 14.9 Å². The Hall–Kier alpha value is -2.24. The van der Waals surface area contributed by atoms with Crippen LogP contribution in [0.5, 0.6) is 5.75 Å². The van der Waals surface area contributed by atoms with Gasteiger partial charge in [0, 0.05) is 12.1 Å². The fourth-order valence-corrected chi connectivity index (χ4v) is 0.782. The number of hydrogen-bond acceptors (Lipinski definition) is 5. The summed E-state index contributed by atoms with van der Waals surface area (Å²) in [7, 11) is 0. The predicted molar refractivity (Wildman–Crippen MR) is 47.5 cm³/mol. The Balaban J connectivity index is 2.78. The van der Waals surface area contributed by atoms with Crippen LogP contribution in [0.2, 0.25) is 0 Å². The molecule has 0 heterocycles. The Morgan fingerprint density at radius 2 is 2.00 bits per heavy atom. The normalized spacial score (nSPS) is 9.14. The summed E-state index contributed by atoms with van der Waals surface area (Å²) in [5.74, 6) is -0.650. The summed E-state index contributed by atoms with van der Waals surface area (Å²) in [6, 6.07) is 5.01. The second-order valence-corrected chi connectivity index (χ2v) is 2.32. The highest BCUT2D eigenvalue weighted by Crippen LogP contribution is 2.16. The summed E-state index contributed by atoms with van der Waals surface area (Å²) in [5, 5.41) is 16.8. The molecule has 0 atom stereocenters. The van der Waals surface area contributed by atoms with Gasteiger partial charge in [-0.05, 0) is 12.1 Å². The maximum Gasteiger partial charge on any atom is 0.354 e. The zero-order valence-corrected chi connectivity index (χ0v) is 6.97. The number of nitro groups is 1. The molecule has 0 aliphatic rings. The number of benzene rings is 1. The van der Waals surface area contributed by atoms with Crippen molar-refractivity contribution in [2.24, 2.45) is 0 Å². The number of ether oxygens (including phenoxy) is 1. The minimum Gasteiger partial charge on any atom is -0.422 e. The summed E-state index contributed by atoms with van der Waals surface area (Å²) < 4.78 is 4.59. The molecule has 0 unspecified atom stereocenters. The third-order valence-electron chi connectivity index (χ3n) is 1.38. The molecule has 1 N–H and O–H groups in total. The number of nitrogens with zero attached hydrogens (tertiary/aromatic N) is 1. The lowest BCUT2D eigenvalue weighted by atomic mass is 10.3. The zero-order chi connectivity index (χ0) is 10.6. The van der Waals surface area contributed by atoms with Gasteiger partial charge in [-0.3, -0.25) is 10.1 Å². The average Bonchev–Trinajstić information content (AvgIpc) is 2.18. The minimum absolute atomic E-state index is 0.0837. The van der Waals surface area contributed by atoms with Gasteiger partial charge in [-0.15, -0.1) is 0 Å². The number of carbonyl (C=O) groups excluding carboxylic acids is 1. The number of rotatable bonds is 3.